The van der Waals surface area contributed by atoms with Crippen LogP contribution in [0.4, 0.5) is 0 Å². The molecule has 0 fully saturated rings. The molecule has 1 aliphatic heterocycles. The Labute approximate surface area is 143 Å². The van der Waals surface area contributed by atoms with E-state index in [4.69, 9.17) is 15.6 Å². The van der Waals surface area contributed by atoms with Crippen molar-refractivity contribution in [3.05, 3.63) is 52.2 Å². The molecule has 2 N–H and O–H groups in total. The van der Waals surface area contributed by atoms with Gasteiger partial charge in [0.2, 0.25) is 0 Å². The molecular formula is C16H16N4OS2. The summed E-state index contributed by atoms with van der Waals surface area (Å²) in [6, 6.07) is 11.6. The van der Waals surface area contributed by atoms with E-state index in [1.165, 1.54) is 16.8 Å². The molecule has 1 aromatic heterocycles. The first-order valence-corrected chi connectivity index (χ1v) is 8.87. The third-order valence-corrected chi connectivity index (χ3v) is 5.13. The van der Waals surface area contributed by atoms with Crippen LogP contribution in [0.1, 0.15) is 10.4 Å². The zero-order chi connectivity index (χ0) is 16.2. The Morgan fingerprint density at radius 1 is 1.30 bits per heavy atom. The van der Waals surface area contributed by atoms with Gasteiger partial charge in [-0.15, -0.1) is 11.3 Å². The smallest absolute Gasteiger partial charge is 0.183 e. The number of rotatable bonds is 4. The summed E-state index contributed by atoms with van der Waals surface area (Å²) in [7, 11) is 1.63. The van der Waals surface area contributed by atoms with Gasteiger partial charge in [-0.25, -0.2) is 0 Å². The van der Waals surface area contributed by atoms with Crippen LogP contribution in [0.2, 0.25) is 0 Å². The van der Waals surface area contributed by atoms with Gasteiger partial charge in [0.15, 0.2) is 5.17 Å². The van der Waals surface area contributed by atoms with E-state index in [1.54, 1.807) is 18.4 Å². The molecule has 2 aromatic rings. The van der Waals surface area contributed by atoms with Crippen molar-refractivity contribution in [2.75, 3.05) is 12.9 Å². The van der Waals surface area contributed by atoms with Crippen LogP contribution >= 0.6 is 23.1 Å². The standard InChI is InChI=1S/C16H16N4OS2/c1-21-12-6-4-11(5-7-12)9-15(17)20-16(18)23-10-13(19-20)14-3-2-8-22-14/h2-8,17-18H,9-10H2,1H3. The second-order valence-corrected chi connectivity index (χ2v) is 6.81. The van der Waals surface area contributed by atoms with Crippen molar-refractivity contribution in [3.8, 4) is 5.75 Å². The third-order valence-electron chi connectivity index (χ3n) is 3.35. The predicted molar refractivity (Wildman–Crippen MR) is 97.3 cm³/mol. The van der Waals surface area contributed by atoms with Crippen molar-refractivity contribution in [2.45, 2.75) is 6.42 Å². The summed E-state index contributed by atoms with van der Waals surface area (Å²) in [6.07, 6.45) is 0.425. The van der Waals surface area contributed by atoms with E-state index in [0.717, 1.165) is 21.9 Å². The fourth-order valence-corrected chi connectivity index (χ4v) is 3.71. The SMILES string of the molecule is COc1ccc(CC(=N)N2N=C(c3cccs3)CSC2=N)cc1. The normalized spacial score (nSPS) is 14.6. The van der Waals surface area contributed by atoms with E-state index in [0.29, 0.717) is 23.2 Å². The molecule has 0 unspecified atom stereocenters. The molecule has 0 spiro atoms. The number of benzene rings is 1. The Bertz CT molecular complexity index is 738. The number of hydrazone groups is 1. The molecule has 1 aromatic carbocycles. The summed E-state index contributed by atoms with van der Waals surface area (Å²) in [5, 5.41) is 24.6. The number of thiophene rings is 1. The minimum Gasteiger partial charge on any atom is -0.497 e. The molecule has 3 rings (SSSR count). The molecule has 1 aliphatic rings. The molecule has 0 bridgehead atoms. The van der Waals surface area contributed by atoms with E-state index < -0.39 is 0 Å². The van der Waals surface area contributed by atoms with Gasteiger partial charge in [0.1, 0.15) is 11.6 Å². The molecular weight excluding hydrogens is 328 g/mol. The summed E-state index contributed by atoms with van der Waals surface area (Å²) in [6.45, 7) is 0. The van der Waals surface area contributed by atoms with Crippen LogP contribution in [-0.2, 0) is 6.42 Å². The van der Waals surface area contributed by atoms with Crippen LogP contribution in [0.5, 0.6) is 5.75 Å². The Balaban J connectivity index is 1.76. The number of hydrogen-bond acceptors (Lipinski definition) is 6. The topological polar surface area (TPSA) is 72.5 Å². The first-order valence-electron chi connectivity index (χ1n) is 7.00. The fourth-order valence-electron chi connectivity index (χ4n) is 2.15. The Hall–Kier alpha value is -2.12. The van der Waals surface area contributed by atoms with Crippen molar-refractivity contribution in [1.82, 2.24) is 5.01 Å². The average molecular weight is 344 g/mol. The highest BCUT2D eigenvalue weighted by Gasteiger charge is 2.23. The van der Waals surface area contributed by atoms with Crippen LogP contribution in [0, 0.1) is 10.8 Å². The number of hydrogen-bond donors (Lipinski definition) is 2. The second-order valence-electron chi connectivity index (χ2n) is 4.90. The molecule has 0 saturated carbocycles. The minimum absolute atomic E-state index is 0.293. The molecule has 0 saturated heterocycles. The van der Waals surface area contributed by atoms with Crippen molar-refractivity contribution in [3.63, 3.8) is 0 Å². The summed E-state index contributed by atoms with van der Waals surface area (Å²) < 4.78 is 5.14. The van der Waals surface area contributed by atoms with Gasteiger partial charge >= 0.3 is 0 Å². The van der Waals surface area contributed by atoms with Gasteiger partial charge in [-0.1, -0.05) is 30.0 Å². The molecule has 23 heavy (non-hydrogen) atoms. The van der Waals surface area contributed by atoms with E-state index >= 15 is 0 Å². The summed E-state index contributed by atoms with van der Waals surface area (Å²) in [5.41, 5.74) is 1.91. The first-order chi connectivity index (χ1) is 11.2. The largest absolute Gasteiger partial charge is 0.497 e. The first kappa shape index (κ1) is 15.8. The average Bonchev–Trinajstić information content (AvgIpc) is 3.10. The minimum atomic E-state index is 0.293. The zero-order valence-electron chi connectivity index (χ0n) is 12.6. The molecule has 7 heteroatoms. The number of ether oxygens (including phenoxy) is 1. The maximum atomic E-state index is 8.30. The number of nitrogens with one attached hydrogen (secondary N) is 2. The van der Waals surface area contributed by atoms with Crippen molar-refractivity contribution in [2.24, 2.45) is 5.10 Å². The predicted octanol–water partition coefficient (Wildman–Crippen LogP) is 3.66. The van der Waals surface area contributed by atoms with Gasteiger partial charge in [-0.05, 0) is 29.1 Å². The molecule has 118 valence electrons. The molecule has 0 amide bonds. The molecule has 2 heterocycles. The monoisotopic (exact) mass is 344 g/mol. The number of nitrogens with zero attached hydrogens (tertiary/aromatic N) is 2. The zero-order valence-corrected chi connectivity index (χ0v) is 14.2. The lowest BCUT2D eigenvalue weighted by Crippen LogP contribution is -2.35. The van der Waals surface area contributed by atoms with Crippen LogP contribution in [0.3, 0.4) is 0 Å². The number of amidine groups is 2. The highest BCUT2D eigenvalue weighted by atomic mass is 32.2. The van der Waals surface area contributed by atoms with Crippen molar-refractivity contribution >= 4 is 39.8 Å². The van der Waals surface area contributed by atoms with Gasteiger partial charge < -0.3 is 4.74 Å². The van der Waals surface area contributed by atoms with Crippen molar-refractivity contribution in [1.29, 1.82) is 10.8 Å². The highest BCUT2D eigenvalue weighted by molar-refractivity contribution is 8.14. The Kier molecular flexibility index (Phi) is 4.78. The molecule has 0 atom stereocenters. The Morgan fingerprint density at radius 2 is 2.09 bits per heavy atom. The van der Waals surface area contributed by atoms with Crippen LogP contribution in [-0.4, -0.2) is 34.6 Å². The lowest BCUT2D eigenvalue weighted by atomic mass is 10.1. The molecule has 5 nitrogen and oxygen atoms in total. The summed E-state index contributed by atoms with van der Waals surface area (Å²) >= 11 is 3.03. The second kappa shape index (κ2) is 6.97. The van der Waals surface area contributed by atoms with E-state index in [2.05, 4.69) is 5.10 Å². The number of methoxy groups -OCH3 is 1. The summed E-state index contributed by atoms with van der Waals surface area (Å²) in [5.74, 6) is 1.76. The lowest BCUT2D eigenvalue weighted by Gasteiger charge is -2.25. The van der Waals surface area contributed by atoms with E-state index in [-0.39, 0.29) is 0 Å². The lowest BCUT2D eigenvalue weighted by molar-refractivity contribution is 0.414. The Morgan fingerprint density at radius 3 is 2.74 bits per heavy atom. The van der Waals surface area contributed by atoms with Gasteiger partial charge in [0.25, 0.3) is 0 Å². The fraction of sp³-hybridized carbons (Fsp3) is 0.188. The quantitative estimate of drug-likeness (QED) is 0.657. The van der Waals surface area contributed by atoms with E-state index in [9.17, 15) is 0 Å². The maximum Gasteiger partial charge on any atom is 0.183 e. The van der Waals surface area contributed by atoms with Gasteiger partial charge in [0, 0.05) is 12.2 Å². The van der Waals surface area contributed by atoms with Crippen molar-refractivity contribution < 1.29 is 4.74 Å². The molecule has 0 aliphatic carbocycles. The van der Waals surface area contributed by atoms with Crippen LogP contribution in [0.25, 0.3) is 0 Å². The third kappa shape index (κ3) is 3.62. The van der Waals surface area contributed by atoms with Gasteiger partial charge in [-0.2, -0.15) is 10.1 Å². The molecule has 0 radical (unpaired) electrons. The van der Waals surface area contributed by atoms with Gasteiger partial charge in [0.05, 0.1) is 17.7 Å². The van der Waals surface area contributed by atoms with Gasteiger partial charge in [-0.3, -0.25) is 10.8 Å². The van der Waals surface area contributed by atoms with E-state index in [1.807, 2.05) is 41.8 Å². The van der Waals surface area contributed by atoms with Crippen LogP contribution in [0.15, 0.2) is 46.9 Å². The van der Waals surface area contributed by atoms with Crippen LogP contribution < -0.4 is 4.74 Å². The maximum absolute atomic E-state index is 8.30. The summed E-state index contributed by atoms with van der Waals surface area (Å²) in [4.78, 5) is 1.09. The number of thioether (sulfide) groups is 1. The highest BCUT2D eigenvalue weighted by Crippen LogP contribution is 2.22.